The maximum Gasteiger partial charge on any atom is 0.276 e. The van der Waals surface area contributed by atoms with Gasteiger partial charge < -0.3 is 4.90 Å². The van der Waals surface area contributed by atoms with Crippen molar-refractivity contribution >= 4 is 11.8 Å². The first-order chi connectivity index (χ1) is 7.02. The second-order valence-corrected chi connectivity index (χ2v) is 3.54. The summed E-state index contributed by atoms with van der Waals surface area (Å²) >= 11 is 0. The number of aryl methyl sites for hydroxylation is 1. The van der Waals surface area contributed by atoms with E-state index in [2.05, 4.69) is 0 Å². The molecule has 0 aliphatic heterocycles. The molecule has 4 heteroatoms. The molecule has 0 saturated carbocycles. The fourth-order valence-electron chi connectivity index (χ4n) is 1.26. The third kappa shape index (κ3) is 2.80. The van der Waals surface area contributed by atoms with E-state index < -0.39 is 0 Å². The lowest BCUT2D eigenvalue weighted by Crippen LogP contribution is -2.00. The number of benzene rings is 1. The van der Waals surface area contributed by atoms with Crippen LogP contribution in [0.4, 0.5) is 5.69 Å². The number of rotatable bonds is 3. The van der Waals surface area contributed by atoms with E-state index in [1.54, 1.807) is 18.3 Å². The molecular weight excluding hydrogens is 192 g/mol. The molecule has 0 amide bonds. The summed E-state index contributed by atoms with van der Waals surface area (Å²) in [5.74, 6) is 0. The van der Waals surface area contributed by atoms with Crippen LogP contribution in [0, 0.1) is 17.0 Å². The maximum atomic E-state index is 10.8. The zero-order valence-corrected chi connectivity index (χ0v) is 9.10. The van der Waals surface area contributed by atoms with Gasteiger partial charge in [0.1, 0.15) is 0 Å². The molecular formula is C11H14N2O2. The van der Waals surface area contributed by atoms with Crippen LogP contribution in [-0.2, 0) is 0 Å². The van der Waals surface area contributed by atoms with Crippen LogP contribution in [0.15, 0.2) is 24.4 Å². The van der Waals surface area contributed by atoms with Gasteiger partial charge in [-0.2, -0.15) is 0 Å². The number of nitrogens with zero attached hydrogens (tertiary/aromatic N) is 2. The van der Waals surface area contributed by atoms with Crippen molar-refractivity contribution in [3.63, 3.8) is 0 Å². The highest BCUT2D eigenvalue weighted by molar-refractivity contribution is 5.64. The fourth-order valence-corrected chi connectivity index (χ4v) is 1.26. The summed E-state index contributed by atoms with van der Waals surface area (Å²) in [5.41, 5.74) is 1.71. The number of nitro groups is 1. The van der Waals surface area contributed by atoms with Crippen LogP contribution in [0.5, 0.6) is 0 Å². The van der Waals surface area contributed by atoms with E-state index in [-0.39, 0.29) is 10.6 Å². The first-order valence-corrected chi connectivity index (χ1v) is 4.61. The van der Waals surface area contributed by atoms with Gasteiger partial charge in [-0.3, -0.25) is 10.1 Å². The summed E-state index contributed by atoms with van der Waals surface area (Å²) in [6.07, 6.45) is 3.56. The van der Waals surface area contributed by atoms with Gasteiger partial charge in [0.05, 0.1) is 10.5 Å². The molecule has 0 bridgehead atoms. The lowest BCUT2D eigenvalue weighted by molar-refractivity contribution is -0.385. The summed E-state index contributed by atoms with van der Waals surface area (Å²) in [7, 11) is 3.75. The molecule has 1 aromatic rings. The third-order valence-electron chi connectivity index (χ3n) is 2.04. The maximum absolute atomic E-state index is 10.8. The van der Waals surface area contributed by atoms with Gasteiger partial charge in [-0.25, -0.2) is 0 Å². The first kappa shape index (κ1) is 11.2. The Morgan fingerprint density at radius 3 is 2.60 bits per heavy atom. The Morgan fingerprint density at radius 2 is 2.07 bits per heavy atom. The van der Waals surface area contributed by atoms with Crippen molar-refractivity contribution in [2.24, 2.45) is 0 Å². The van der Waals surface area contributed by atoms with Gasteiger partial charge in [-0.1, -0.05) is 12.1 Å². The molecule has 80 valence electrons. The van der Waals surface area contributed by atoms with Gasteiger partial charge in [0.25, 0.3) is 5.69 Å². The Hall–Kier alpha value is -1.84. The minimum Gasteiger partial charge on any atom is -0.383 e. The smallest absolute Gasteiger partial charge is 0.276 e. The molecule has 0 spiro atoms. The lowest BCUT2D eigenvalue weighted by Gasteiger charge is -2.05. The van der Waals surface area contributed by atoms with E-state index in [9.17, 15) is 10.1 Å². The van der Waals surface area contributed by atoms with E-state index >= 15 is 0 Å². The van der Waals surface area contributed by atoms with Gasteiger partial charge in [0.2, 0.25) is 0 Å². The molecule has 0 aliphatic rings. The Bertz CT molecular complexity index is 398. The molecule has 0 N–H and O–H groups in total. The lowest BCUT2D eigenvalue weighted by atomic mass is 10.1. The molecule has 0 heterocycles. The first-order valence-electron chi connectivity index (χ1n) is 4.61. The molecule has 4 nitrogen and oxygen atoms in total. The Kier molecular flexibility index (Phi) is 3.44. The van der Waals surface area contributed by atoms with Crippen molar-refractivity contribution in [2.75, 3.05) is 14.1 Å². The van der Waals surface area contributed by atoms with Crippen LogP contribution in [0.3, 0.4) is 0 Å². The van der Waals surface area contributed by atoms with Gasteiger partial charge in [0.15, 0.2) is 0 Å². The molecule has 0 saturated heterocycles. The predicted octanol–water partition coefficient (Wildman–Crippen LogP) is 2.44. The Labute approximate surface area is 89.0 Å². The van der Waals surface area contributed by atoms with Crippen LogP contribution >= 0.6 is 0 Å². The molecule has 0 aromatic heterocycles. The minimum atomic E-state index is -0.359. The topological polar surface area (TPSA) is 46.4 Å². The van der Waals surface area contributed by atoms with Crippen molar-refractivity contribution in [1.82, 2.24) is 4.90 Å². The van der Waals surface area contributed by atoms with Crippen molar-refractivity contribution in [3.05, 3.63) is 45.6 Å². The van der Waals surface area contributed by atoms with E-state index in [0.717, 1.165) is 5.56 Å². The number of hydrogen-bond donors (Lipinski definition) is 0. The summed E-state index contributed by atoms with van der Waals surface area (Å²) in [6.45, 7) is 1.86. The number of nitro benzene ring substituents is 1. The van der Waals surface area contributed by atoms with E-state index in [1.807, 2.05) is 32.0 Å². The van der Waals surface area contributed by atoms with Crippen molar-refractivity contribution in [1.29, 1.82) is 0 Å². The fraction of sp³-hybridized carbons (Fsp3) is 0.273. The summed E-state index contributed by atoms with van der Waals surface area (Å²) in [5, 5.41) is 10.8. The predicted molar refractivity (Wildman–Crippen MR) is 60.6 cm³/mol. The summed E-state index contributed by atoms with van der Waals surface area (Å²) < 4.78 is 0. The second-order valence-electron chi connectivity index (χ2n) is 3.54. The number of hydrogen-bond acceptors (Lipinski definition) is 3. The van der Waals surface area contributed by atoms with E-state index in [4.69, 9.17) is 0 Å². The summed E-state index contributed by atoms with van der Waals surface area (Å²) in [6, 6.07) is 5.07. The molecule has 0 atom stereocenters. The zero-order chi connectivity index (χ0) is 11.4. The highest BCUT2D eigenvalue weighted by Crippen LogP contribution is 2.23. The van der Waals surface area contributed by atoms with Gasteiger partial charge in [-0.05, 0) is 24.8 Å². The van der Waals surface area contributed by atoms with Crippen molar-refractivity contribution < 1.29 is 4.92 Å². The molecule has 1 aromatic carbocycles. The highest BCUT2D eigenvalue weighted by atomic mass is 16.6. The quantitative estimate of drug-likeness (QED) is 0.563. The van der Waals surface area contributed by atoms with Crippen LogP contribution in [0.25, 0.3) is 6.08 Å². The third-order valence-corrected chi connectivity index (χ3v) is 2.04. The molecule has 1 rings (SSSR count). The zero-order valence-electron chi connectivity index (χ0n) is 9.10. The van der Waals surface area contributed by atoms with Crippen LogP contribution in [0.1, 0.15) is 11.1 Å². The standard InChI is InChI=1S/C11H14N2O2/c1-9-5-4-6-11(13(14)15)10(9)7-8-12(2)3/h4-8H,1-3H3. The molecule has 0 aliphatic carbocycles. The minimum absolute atomic E-state index is 0.146. The normalized spacial score (nSPS) is 10.6. The monoisotopic (exact) mass is 206 g/mol. The summed E-state index contributed by atoms with van der Waals surface area (Å²) in [4.78, 5) is 12.3. The van der Waals surface area contributed by atoms with Crippen molar-refractivity contribution in [2.45, 2.75) is 6.92 Å². The largest absolute Gasteiger partial charge is 0.383 e. The van der Waals surface area contributed by atoms with Crippen LogP contribution in [-0.4, -0.2) is 23.9 Å². The molecule has 0 fully saturated rings. The highest BCUT2D eigenvalue weighted by Gasteiger charge is 2.12. The second kappa shape index (κ2) is 4.59. The van der Waals surface area contributed by atoms with E-state index in [0.29, 0.717) is 5.56 Å². The molecule has 15 heavy (non-hydrogen) atoms. The average Bonchev–Trinajstić information content (AvgIpc) is 2.15. The Balaban J connectivity index is 3.19. The average molecular weight is 206 g/mol. The molecule has 0 unspecified atom stereocenters. The van der Waals surface area contributed by atoms with Crippen LogP contribution in [0.2, 0.25) is 0 Å². The van der Waals surface area contributed by atoms with Crippen molar-refractivity contribution in [3.8, 4) is 0 Å². The molecule has 0 radical (unpaired) electrons. The Morgan fingerprint density at radius 1 is 1.40 bits per heavy atom. The SMILES string of the molecule is Cc1cccc([N+](=O)[O-])c1C=CN(C)C. The van der Waals surface area contributed by atoms with E-state index in [1.165, 1.54) is 6.07 Å². The van der Waals surface area contributed by atoms with Gasteiger partial charge in [0, 0.05) is 20.2 Å². The van der Waals surface area contributed by atoms with Gasteiger partial charge in [-0.15, -0.1) is 0 Å². The van der Waals surface area contributed by atoms with Crippen LogP contribution < -0.4 is 0 Å². The van der Waals surface area contributed by atoms with Gasteiger partial charge >= 0.3 is 0 Å².